The number of nitrogens with zero attached hydrogens (tertiary/aromatic N) is 2. The number of likely N-dealkylation sites (tertiary alicyclic amines) is 1. The average Bonchev–Trinajstić information content (AvgIpc) is 3.18. The van der Waals surface area contributed by atoms with Crippen LogP contribution < -0.4 is 10.6 Å². The monoisotopic (exact) mass is 516 g/mol. The Morgan fingerprint density at radius 3 is 2.69 bits per heavy atom. The first-order valence-corrected chi connectivity index (χ1v) is 10.7. The van der Waals surface area contributed by atoms with Crippen LogP contribution in [0.3, 0.4) is 0 Å². The molecule has 164 valence electrons. The summed E-state index contributed by atoms with van der Waals surface area (Å²) in [5.74, 6) is 0.886. The van der Waals surface area contributed by atoms with Crippen molar-refractivity contribution in [2.45, 2.75) is 50.8 Å². The molecule has 0 bridgehead atoms. The van der Waals surface area contributed by atoms with Crippen LogP contribution in [-0.2, 0) is 16.0 Å². The number of hydrogen-bond acceptors (Lipinski definition) is 4. The molecule has 0 spiro atoms. The van der Waals surface area contributed by atoms with E-state index in [4.69, 9.17) is 14.5 Å². The Kier molecular flexibility index (Phi) is 10.7. The van der Waals surface area contributed by atoms with Crippen molar-refractivity contribution in [3.05, 3.63) is 35.9 Å². The van der Waals surface area contributed by atoms with Gasteiger partial charge in [0.05, 0.1) is 12.1 Å². The summed E-state index contributed by atoms with van der Waals surface area (Å²) in [7, 11) is 1.79. The third kappa shape index (κ3) is 7.38. The Morgan fingerprint density at radius 1 is 1.24 bits per heavy atom. The van der Waals surface area contributed by atoms with E-state index in [0.717, 1.165) is 51.6 Å². The van der Waals surface area contributed by atoms with Crippen LogP contribution in [0.2, 0.25) is 0 Å². The number of nitrogens with one attached hydrogen (secondary N) is 2. The summed E-state index contributed by atoms with van der Waals surface area (Å²) in [6, 6.07) is 11.3. The Balaban J connectivity index is 0.00000300. The molecule has 0 aliphatic carbocycles. The van der Waals surface area contributed by atoms with Crippen LogP contribution in [0.1, 0.15) is 38.2 Å². The van der Waals surface area contributed by atoms with Crippen molar-refractivity contribution in [3.8, 4) is 0 Å². The lowest BCUT2D eigenvalue weighted by Gasteiger charge is -2.34. The second-order valence-corrected chi connectivity index (χ2v) is 7.83. The van der Waals surface area contributed by atoms with Gasteiger partial charge in [0.1, 0.15) is 0 Å². The van der Waals surface area contributed by atoms with E-state index in [0.29, 0.717) is 12.6 Å². The average molecular weight is 516 g/mol. The first-order chi connectivity index (χ1) is 13.7. The van der Waals surface area contributed by atoms with E-state index in [9.17, 15) is 0 Å². The largest absolute Gasteiger partial charge is 0.381 e. The lowest BCUT2D eigenvalue weighted by molar-refractivity contribution is -0.0828. The molecule has 2 fully saturated rings. The number of benzene rings is 1. The highest BCUT2D eigenvalue weighted by atomic mass is 127. The zero-order chi connectivity index (χ0) is 19.7. The lowest BCUT2D eigenvalue weighted by atomic mass is 9.94. The van der Waals surface area contributed by atoms with E-state index in [-0.39, 0.29) is 29.6 Å². The van der Waals surface area contributed by atoms with E-state index in [2.05, 4.69) is 52.8 Å². The second kappa shape index (κ2) is 12.7. The molecular formula is C22H37IN4O2. The molecule has 6 nitrogen and oxygen atoms in total. The molecule has 3 rings (SSSR count). The molecule has 1 unspecified atom stereocenters. The number of ether oxygens (including phenoxy) is 2. The van der Waals surface area contributed by atoms with Crippen LogP contribution in [0, 0.1) is 0 Å². The molecule has 2 N–H and O–H groups in total. The fourth-order valence-electron chi connectivity index (χ4n) is 4.10. The molecule has 1 atom stereocenters. The number of halogens is 1. The molecule has 7 heteroatoms. The molecule has 2 saturated heterocycles. The van der Waals surface area contributed by atoms with Crippen molar-refractivity contribution in [1.29, 1.82) is 0 Å². The maximum atomic E-state index is 5.82. The smallest absolute Gasteiger partial charge is 0.191 e. The molecule has 2 aliphatic heterocycles. The van der Waals surface area contributed by atoms with Crippen LogP contribution in [0.25, 0.3) is 0 Å². The van der Waals surface area contributed by atoms with Crippen molar-refractivity contribution in [1.82, 2.24) is 15.5 Å². The third-order valence-corrected chi connectivity index (χ3v) is 5.94. The van der Waals surface area contributed by atoms with Gasteiger partial charge in [0.25, 0.3) is 0 Å². The van der Waals surface area contributed by atoms with E-state index in [1.165, 1.54) is 24.9 Å². The Bertz CT molecular complexity index is 608. The number of methoxy groups -OCH3 is 1. The summed E-state index contributed by atoms with van der Waals surface area (Å²) in [4.78, 5) is 7.43. The topological polar surface area (TPSA) is 58.1 Å². The number of guanidine groups is 1. The first-order valence-electron chi connectivity index (χ1n) is 10.7. The quantitative estimate of drug-likeness (QED) is 0.316. The van der Waals surface area contributed by atoms with Crippen molar-refractivity contribution in [2.24, 2.45) is 4.99 Å². The van der Waals surface area contributed by atoms with Gasteiger partial charge in [0.2, 0.25) is 0 Å². The van der Waals surface area contributed by atoms with Crippen molar-refractivity contribution in [2.75, 3.05) is 46.5 Å². The minimum atomic E-state index is -0.187. The van der Waals surface area contributed by atoms with Gasteiger partial charge < -0.3 is 20.1 Å². The van der Waals surface area contributed by atoms with Gasteiger partial charge in [0.15, 0.2) is 5.96 Å². The van der Waals surface area contributed by atoms with Gasteiger partial charge in [-0.1, -0.05) is 30.3 Å². The van der Waals surface area contributed by atoms with E-state index < -0.39 is 0 Å². The van der Waals surface area contributed by atoms with Gasteiger partial charge in [-0.15, -0.1) is 24.0 Å². The summed E-state index contributed by atoms with van der Waals surface area (Å²) in [6.07, 6.45) is 4.30. The fraction of sp³-hybridized carbons (Fsp3) is 0.682. The normalized spacial score (nSPS) is 22.1. The predicted molar refractivity (Wildman–Crippen MR) is 129 cm³/mol. The molecule has 29 heavy (non-hydrogen) atoms. The van der Waals surface area contributed by atoms with E-state index in [1.54, 1.807) is 7.11 Å². The Hall–Kier alpha value is -0.900. The molecular weight excluding hydrogens is 479 g/mol. The molecule has 0 amide bonds. The minimum absolute atomic E-state index is 0. The van der Waals surface area contributed by atoms with Gasteiger partial charge in [-0.05, 0) is 31.9 Å². The summed E-state index contributed by atoms with van der Waals surface area (Å²) < 4.78 is 11.3. The zero-order valence-electron chi connectivity index (χ0n) is 17.9. The van der Waals surface area contributed by atoms with Gasteiger partial charge in [-0.2, -0.15) is 0 Å². The summed E-state index contributed by atoms with van der Waals surface area (Å²) in [6.45, 7) is 8.24. The summed E-state index contributed by atoms with van der Waals surface area (Å²) in [5.41, 5.74) is 1.20. The molecule has 2 aliphatic rings. The maximum Gasteiger partial charge on any atom is 0.191 e. The van der Waals surface area contributed by atoms with Crippen LogP contribution in [-0.4, -0.2) is 69.0 Å². The van der Waals surface area contributed by atoms with E-state index >= 15 is 0 Å². The number of hydrogen-bond donors (Lipinski definition) is 2. The van der Waals surface area contributed by atoms with Gasteiger partial charge in [0, 0.05) is 58.8 Å². The predicted octanol–water partition coefficient (Wildman–Crippen LogP) is 3.02. The first kappa shape index (κ1) is 24.4. The van der Waals surface area contributed by atoms with Crippen LogP contribution in [0.4, 0.5) is 0 Å². The molecule has 0 radical (unpaired) electrons. The van der Waals surface area contributed by atoms with Crippen LogP contribution in [0.15, 0.2) is 35.3 Å². The van der Waals surface area contributed by atoms with Crippen molar-refractivity contribution < 1.29 is 9.47 Å². The highest BCUT2D eigenvalue weighted by molar-refractivity contribution is 14.0. The van der Waals surface area contributed by atoms with Crippen LogP contribution >= 0.6 is 24.0 Å². The lowest BCUT2D eigenvalue weighted by Crippen LogP contribution is -2.46. The number of aliphatic imine (C=N–C) groups is 1. The standard InChI is InChI=1S/C22H36N4O2.HI/c1-3-23-21(25-18-22(27-2)11-14-28-15-12-22)24-16-20-10-7-13-26(20)17-19-8-5-4-6-9-19;/h4-6,8-9,20H,3,7,10-18H2,1-2H3,(H2,23,24,25);1H. The third-order valence-electron chi connectivity index (χ3n) is 5.94. The van der Waals surface area contributed by atoms with Gasteiger partial charge >= 0.3 is 0 Å². The Labute approximate surface area is 192 Å². The van der Waals surface area contributed by atoms with Gasteiger partial charge in [-0.25, -0.2) is 0 Å². The molecule has 1 aromatic rings. The minimum Gasteiger partial charge on any atom is -0.381 e. The van der Waals surface area contributed by atoms with Crippen LogP contribution in [0.5, 0.6) is 0 Å². The van der Waals surface area contributed by atoms with Gasteiger partial charge in [-0.3, -0.25) is 9.89 Å². The second-order valence-electron chi connectivity index (χ2n) is 7.83. The maximum absolute atomic E-state index is 5.82. The highest BCUT2D eigenvalue weighted by Crippen LogP contribution is 2.24. The molecule has 1 aromatic carbocycles. The summed E-state index contributed by atoms with van der Waals surface area (Å²) in [5, 5.41) is 6.96. The fourth-order valence-corrected chi connectivity index (χ4v) is 4.10. The van der Waals surface area contributed by atoms with Crippen molar-refractivity contribution in [3.63, 3.8) is 0 Å². The highest BCUT2D eigenvalue weighted by Gasteiger charge is 2.32. The number of rotatable bonds is 8. The molecule has 0 aromatic heterocycles. The zero-order valence-corrected chi connectivity index (χ0v) is 20.2. The van der Waals surface area contributed by atoms with Crippen molar-refractivity contribution >= 4 is 29.9 Å². The molecule has 0 saturated carbocycles. The SMILES string of the molecule is CCNC(=NCC1(OC)CCOCC1)NCC1CCCN1Cc1ccccc1.I. The molecule has 2 heterocycles. The summed E-state index contributed by atoms with van der Waals surface area (Å²) >= 11 is 0. The van der Waals surface area contributed by atoms with E-state index in [1.807, 2.05) is 0 Å². The Morgan fingerprint density at radius 2 is 2.00 bits per heavy atom.